The Balaban J connectivity index is 2.20. The summed E-state index contributed by atoms with van der Waals surface area (Å²) in [5, 5.41) is 45.8. The van der Waals surface area contributed by atoms with E-state index in [0.717, 1.165) is 5.56 Å². The van der Waals surface area contributed by atoms with Crippen LogP contribution in [-0.4, -0.2) is 80.5 Å². The number of phenols is 1. The van der Waals surface area contributed by atoms with Crippen LogP contribution in [0.2, 0.25) is 0 Å². The molecule has 0 bridgehead atoms. The van der Waals surface area contributed by atoms with E-state index in [1.807, 2.05) is 6.07 Å². The molecule has 0 fully saturated rings. The van der Waals surface area contributed by atoms with Crippen molar-refractivity contribution in [3.63, 3.8) is 0 Å². The van der Waals surface area contributed by atoms with Gasteiger partial charge in [0.2, 0.25) is 17.7 Å². The van der Waals surface area contributed by atoms with E-state index in [-0.39, 0.29) is 18.6 Å². The lowest BCUT2D eigenvalue weighted by Crippen LogP contribution is -2.61. The van der Waals surface area contributed by atoms with Gasteiger partial charge < -0.3 is 42.1 Å². The van der Waals surface area contributed by atoms with Crippen LogP contribution in [0.25, 0.3) is 0 Å². The van der Waals surface area contributed by atoms with E-state index < -0.39 is 60.1 Å². The molecule has 12 nitrogen and oxygen atoms in total. The van der Waals surface area contributed by atoms with Crippen LogP contribution in [0.1, 0.15) is 25.0 Å². The Morgan fingerprint density at radius 3 is 1.79 bits per heavy atom. The molecule has 38 heavy (non-hydrogen) atoms. The predicted octanol–water partition coefficient (Wildman–Crippen LogP) is -1.19. The quantitative estimate of drug-likeness (QED) is 0.156. The third kappa shape index (κ3) is 9.14. The molecule has 0 saturated heterocycles. The van der Waals surface area contributed by atoms with Crippen molar-refractivity contribution in [1.29, 1.82) is 0 Å². The second-order valence-electron chi connectivity index (χ2n) is 9.02. The number of aliphatic hydroxyl groups excluding tert-OH is 2. The first-order valence-corrected chi connectivity index (χ1v) is 12.0. The van der Waals surface area contributed by atoms with Gasteiger partial charge in [0.15, 0.2) is 6.04 Å². The highest BCUT2D eigenvalue weighted by Gasteiger charge is 2.33. The highest BCUT2D eigenvalue weighted by molar-refractivity contribution is 5.94. The Morgan fingerprint density at radius 1 is 0.737 bits per heavy atom. The van der Waals surface area contributed by atoms with Gasteiger partial charge in [-0.25, -0.2) is 4.79 Å². The number of amides is 3. The van der Waals surface area contributed by atoms with Crippen molar-refractivity contribution in [3.05, 3.63) is 65.7 Å². The molecular weight excluding hydrogens is 496 g/mol. The van der Waals surface area contributed by atoms with Crippen LogP contribution >= 0.6 is 0 Å². The van der Waals surface area contributed by atoms with Crippen molar-refractivity contribution in [2.75, 3.05) is 0 Å². The minimum Gasteiger partial charge on any atom is -0.508 e. The van der Waals surface area contributed by atoms with Gasteiger partial charge in [0.1, 0.15) is 17.8 Å². The van der Waals surface area contributed by atoms with Crippen LogP contribution in [0.3, 0.4) is 0 Å². The van der Waals surface area contributed by atoms with Crippen LogP contribution in [0.5, 0.6) is 5.75 Å². The molecule has 0 aromatic heterocycles. The zero-order valence-electron chi connectivity index (χ0n) is 21.1. The Hall–Kier alpha value is -4.00. The maximum absolute atomic E-state index is 13.1. The maximum atomic E-state index is 13.1. The van der Waals surface area contributed by atoms with E-state index >= 15 is 0 Å². The first-order valence-electron chi connectivity index (χ1n) is 12.0. The molecule has 3 amide bonds. The fourth-order valence-electron chi connectivity index (χ4n) is 3.61. The fraction of sp³-hybridized carbons (Fsp3) is 0.385. The molecule has 0 aliphatic heterocycles. The van der Waals surface area contributed by atoms with Gasteiger partial charge in [0.25, 0.3) is 0 Å². The molecule has 0 aliphatic rings. The number of carboxylic acids is 1. The minimum atomic E-state index is -1.65. The molecule has 2 rings (SSSR count). The minimum absolute atomic E-state index is 0.0254. The number of aliphatic carboxylic acids is 1. The van der Waals surface area contributed by atoms with Gasteiger partial charge in [0, 0.05) is 6.42 Å². The molecule has 6 unspecified atom stereocenters. The molecule has 0 radical (unpaired) electrons. The van der Waals surface area contributed by atoms with Crippen LogP contribution in [0.15, 0.2) is 54.6 Å². The molecule has 0 saturated carbocycles. The highest BCUT2D eigenvalue weighted by atomic mass is 16.4. The van der Waals surface area contributed by atoms with E-state index in [0.29, 0.717) is 5.56 Å². The lowest BCUT2D eigenvalue weighted by molar-refractivity contribution is -0.145. The van der Waals surface area contributed by atoms with Crippen LogP contribution in [0.4, 0.5) is 0 Å². The molecular formula is C26H34N4O8. The third-order valence-corrected chi connectivity index (χ3v) is 5.75. The molecule has 0 spiro atoms. The average molecular weight is 531 g/mol. The Bertz CT molecular complexity index is 1090. The van der Waals surface area contributed by atoms with Crippen molar-refractivity contribution in [1.82, 2.24) is 16.0 Å². The van der Waals surface area contributed by atoms with E-state index in [1.54, 1.807) is 24.3 Å². The summed E-state index contributed by atoms with van der Waals surface area (Å²) in [5.74, 6) is -4.04. The fourth-order valence-corrected chi connectivity index (χ4v) is 3.61. The molecule has 0 aliphatic carbocycles. The lowest BCUT2D eigenvalue weighted by atomic mass is 10.0. The van der Waals surface area contributed by atoms with Crippen molar-refractivity contribution >= 4 is 23.7 Å². The normalized spacial score (nSPS) is 15.7. The smallest absolute Gasteiger partial charge is 0.328 e. The summed E-state index contributed by atoms with van der Waals surface area (Å²) < 4.78 is 0. The van der Waals surface area contributed by atoms with Crippen molar-refractivity contribution in [2.24, 2.45) is 5.73 Å². The largest absolute Gasteiger partial charge is 0.508 e. The monoisotopic (exact) mass is 530 g/mol. The zero-order valence-corrected chi connectivity index (χ0v) is 21.1. The Morgan fingerprint density at radius 2 is 1.26 bits per heavy atom. The number of hydrogen-bond acceptors (Lipinski definition) is 8. The summed E-state index contributed by atoms with van der Waals surface area (Å²) in [7, 11) is 0. The van der Waals surface area contributed by atoms with E-state index in [2.05, 4.69) is 16.0 Å². The topological polar surface area (TPSA) is 211 Å². The van der Waals surface area contributed by atoms with Gasteiger partial charge in [-0.1, -0.05) is 42.5 Å². The van der Waals surface area contributed by atoms with E-state index in [9.17, 15) is 39.6 Å². The summed E-state index contributed by atoms with van der Waals surface area (Å²) >= 11 is 0. The molecule has 2 aromatic rings. The second-order valence-corrected chi connectivity index (χ2v) is 9.02. The second kappa shape index (κ2) is 14.1. The number of aromatic hydroxyl groups is 1. The number of benzene rings is 2. The number of carboxylic acid groups (broad SMARTS) is 1. The first-order chi connectivity index (χ1) is 17.9. The Kier molecular flexibility index (Phi) is 11.2. The lowest BCUT2D eigenvalue weighted by Gasteiger charge is -2.27. The van der Waals surface area contributed by atoms with Crippen LogP contribution in [0, 0.1) is 0 Å². The summed E-state index contributed by atoms with van der Waals surface area (Å²) in [6, 6.07) is 9.20. The number of nitrogens with one attached hydrogen (secondary N) is 3. The van der Waals surface area contributed by atoms with E-state index in [4.69, 9.17) is 5.73 Å². The van der Waals surface area contributed by atoms with Crippen molar-refractivity contribution in [3.8, 4) is 5.75 Å². The molecule has 12 heteroatoms. The van der Waals surface area contributed by atoms with Crippen molar-refractivity contribution < 1.29 is 39.6 Å². The van der Waals surface area contributed by atoms with Gasteiger partial charge in [-0.05, 0) is 43.5 Å². The van der Waals surface area contributed by atoms with Crippen molar-refractivity contribution in [2.45, 2.75) is 63.1 Å². The standard InChI is InChI=1S/C26H34N4O8/c1-14(31)21(29-23(34)19(27)12-16-6-4-3-5-7-16)25(36)28-20(13-17-8-10-18(33)11-9-17)24(35)30-22(15(2)32)26(37)38/h3-11,14-15,19-22,31-33H,12-13,27H2,1-2H3,(H,28,36)(H,29,34)(H,30,35)(H,37,38). The molecule has 0 heterocycles. The number of aliphatic hydroxyl groups is 2. The summed E-state index contributed by atoms with van der Waals surface area (Å²) in [5.41, 5.74) is 7.29. The number of phenolic OH excluding ortho intramolecular Hbond substituents is 1. The number of hydrogen-bond donors (Lipinski definition) is 8. The number of rotatable bonds is 13. The van der Waals surface area contributed by atoms with E-state index in [1.165, 1.54) is 38.1 Å². The molecule has 2 aromatic carbocycles. The number of carbonyl (C=O) groups excluding carboxylic acids is 3. The molecule has 206 valence electrons. The predicted molar refractivity (Wildman–Crippen MR) is 137 cm³/mol. The molecule has 9 N–H and O–H groups in total. The summed E-state index contributed by atoms with van der Waals surface area (Å²) in [6.45, 7) is 2.46. The number of nitrogens with two attached hydrogens (primary N) is 1. The van der Waals surface area contributed by atoms with Crippen LogP contribution < -0.4 is 21.7 Å². The maximum Gasteiger partial charge on any atom is 0.328 e. The van der Waals surface area contributed by atoms with Crippen LogP contribution in [-0.2, 0) is 32.0 Å². The zero-order chi connectivity index (χ0) is 28.4. The summed E-state index contributed by atoms with van der Waals surface area (Å²) in [6.07, 6.45) is -2.75. The third-order valence-electron chi connectivity index (χ3n) is 5.75. The highest BCUT2D eigenvalue weighted by Crippen LogP contribution is 2.12. The summed E-state index contributed by atoms with van der Waals surface area (Å²) in [4.78, 5) is 50.2. The average Bonchev–Trinajstić information content (AvgIpc) is 2.86. The Labute approximate surface area is 219 Å². The molecule has 6 atom stereocenters. The first kappa shape index (κ1) is 30.2. The van der Waals surface area contributed by atoms with Gasteiger partial charge in [-0.3, -0.25) is 14.4 Å². The van der Waals surface area contributed by atoms with Gasteiger partial charge in [-0.2, -0.15) is 0 Å². The number of carbonyl (C=O) groups is 4. The van der Waals surface area contributed by atoms with Gasteiger partial charge >= 0.3 is 5.97 Å². The van der Waals surface area contributed by atoms with Gasteiger partial charge in [0.05, 0.1) is 18.2 Å². The van der Waals surface area contributed by atoms with Gasteiger partial charge in [-0.15, -0.1) is 0 Å². The SMILES string of the molecule is CC(O)C(NC(=O)C(Cc1ccc(O)cc1)NC(=O)C(NC(=O)C(N)Cc1ccccc1)C(C)O)C(=O)O.